The molecular formula is C13H11ClN4. The number of nitrogen functional groups attached to an aromatic ring is 1. The molecule has 0 bridgehead atoms. The van der Waals surface area contributed by atoms with E-state index in [-0.39, 0.29) is 0 Å². The van der Waals surface area contributed by atoms with Crippen molar-refractivity contribution in [2.45, 2.75) is 6.92 Å². The van der Waals surface area contributed by atoms with Crippen LogP contribution in [0.1, 0.15) is 5.56 Å². The first-order chi connectivity index (χ1) is 8.66. The average Bonchev–Trinajstić information content (AvgIpc) is 2.68. The molecule has 2 N–H and O–H groups in total. The SMILES string of the molecule is Cc1ccc(Cl)cc1-n1c(N)nc2cnccc21. The van der Waals surface area contributed by atoms with Gasteiger partial charge >= 0.3 is 0 Å². The zero-order valence-corrected chi connectivity index (χ0v) is 10.5. The number of nitrogens with two attached hydrogens (primary N) is 1. The molecule has 3 rings (SSSR count). The van der Waals surface area contributed by atoms with Gasteiger partial charge in [0.25, 0.3) is 0 Å². The van der Waals surface area contributed by atoms with E-state index in [9.17, 15) is 0 Å². The van der Waals surface area contributed by atoms with Crippen molar-refractivity contribution in [1.82, 2.24) is 14.5 Å². The minimum Gasteiger partial charge on any atom is -0.369 e. The minimum atomic E-state index is 0.434. The summed E-state index contributed by atoms with van der Waals surface area (Å²) < 4.78 is 1.89. The van der Waals surface area contributed by atoms with Crippen LogP contribution in [0, 0.1) is 6.92 Å². The maximum absolute atomic E-state index is 6.05. The Kier molecular flexibility index (Phi) is 2.45. The Morgan fingerprint density at radius 1 is 1.28 bits per heavy atom. The Balaban J connectivity index is 2.37. The third-order valence-corrected chi connectivity index (χ3v) is 3.13. The molecule has 3 aromatic rings. The number of benzene rings is 1. The lowest BCUT2D eigenvalue weighted by atomic mass is 10.2. The summed E-state index contributed by atoms with van der Waals surface area (Å²) in [4.78, 5) is 8.34. The van der Waals surface area contributed by atoms with E-state index in [1.54, 1.807) is 12.4 Å². The maximum atomic E-state index is 6.05. The van der Waals surface area contributed by atoms with Gasteiger partial charge in [-0.15, -0.1) is 0 Å². The first-order valence-corrected chi connectivity index (χ1v) is 5.89. The molecular weight excluding hydrogens is 248 g/mol. The van der Waals surface area contributed by atoms with Crippen LogP contribution in [0.25, 0.3) is 16.7 Å². The molecule has 0 amide bonds. The van der Waals surface area contributed by atoms with Gasteiger partial charge in [0, 0.05) is 11.2 Å². The average molecular weight is 259 g/mol. The number of anilines is 1. The molecule has 0 saturated heterocycles. The fourth-order valence-corrected chi connectivity index (χ4v) is 2.19. The summed E-state index contributed by atoms with van der Waals surface area (Å²) in [5.74, 6) is 0.434. The lowest BCUT2D eigenvalue weighted by molar-refractivity contribution is 1.09. The van der Waals surface area contributed by atoms with Crippen LogP contribution in [-0.2, 0) is 0 Å². The highest BCUT2D eigenvalue weighted by Crippen LogP contribution is 2.26. The smallest absolute Gasteiger partial charge is 0.205 e. The van der Waals surface area contributed by atoms with Crippen molar-refractivity contribution >= 4 is 28.6 Å². The van der Waals surface area contributed by atoms with Gasteiger partial charge in [0.05, 0.1) is 17.4 Å². The second-order valence-electron chi connectivity index (χ2n) is 4.10. The molecule has 2 heterocycles. The molecule has 2 aromatic heterocycles. The highest BCUT2D eigenvalue weighted by molar-refractivity contribution is 6.30. The number of hydrogen-bond donors (Lipinski definition) is 1. The predicted molar refractivity (Wildman–Crippen MR) is 73.0 cm³/mol. The van der Waals surface area contributed by atoms with E-state index in [2.05, 4.69) is 9.97 Å². The van der Waals surface area contributed by atoms with Crippen LogP contribution in [0.2, 0.25) is 5.02 Å². The van der Waals surface area contributed by atoms with E-state index < -0.39 is 0 Å². The van der Waals surface area contributed by atoms with Crippen molar-refractivity contribution in [2.24, 2.45) is 0 Å². The van der Waals surface area contributed by atoms with Crippen LogP contribution in [0.3, 0.4) is 0 Å². The van der Waals surface area contributed by atoms with Crippen LogP contribution in [0.4, 0.5) is 5.95 Å². The number of nitrogens with zero attached hydrogens (tertiary/aromatic N) is 3. The molecule has 0 spiro atoms. The zero-order chi connectivity index (χ0) is 12.7. The van der Waals surface area contributed by atoms with Crippen LogP contribution >= 0.6 is 11.6 Å². The van der Waals surface area contributed by atoms with E-state index in [1.165, 1.54) is 0 Å². The van der Waals surface area contributed by atoms with Gasteiger partial charge in [-0.05, 0) is 30.7 Å². The van der Waals surface area contributed by atoms with Crippen molar-refractivity contribution in [1.29, 1.82) is 0 Å². The summed E-state index contributed by atoms with van der Waals surface area (Å²) in [6.07, 6.45) is 3.42. The summed E-state index contributed by atoms with van der Waals surface area (Å²) in [6, 6.07) is 7.59. The Hall–Kier alpha value is -2.07. The van der Waals surface area contributed by atoms with Gasteiger partial charge in [0.2, 0.25) is 5.95 Å². The molecule has 0 aliphatic rings. The standard InChI is InChI=1S/C13H11ClN4/c1-8-2-3-9(14)6-12(8)18-11-4-5-16-7-10(11)17-13(18)15/h2-7H,1H3,(H2,15,17). The second-order valence-corrected chi connectivity index (χ2v) is 4.54. The molecule has 0 aliphatic carbocycles. The van der Waals surface area contributed by atoms with Crippen molar-refractivity contribution in [3.05, 3.63) is 47.2 Å². The van der Waals surface area contributed by atoms with Crippen LogP contribution in [-0.4, -0.2) is 14.5 Å². The number of rotatable bonds is 1. The normalized spacial score (nSPS) is 11.0. The van der Waals surface area contributed by atoms with Gasteiger partial charge in [-0.3, -0.25) is 9.55 Å². The Labute approximate surface area is 109 Å². The molecule has 0 unspecified atom stereocenters. The maximum Gasteiger partial charge on any atom is 0.205 e. The van der Waals surface area contributed by atoms with Gasteiger partial charge in [-0.25, -0.2) is 4.98 Å². The third-order valence-electron chi connectivity index (χ3n) is 2.89. The van der Waals surface area contributed by atoms with E-state index in [1.807, 2.05) is 35.8 Å². The molecule has 4 nitrogen and oxygen atoms in total. The number of hydrogen-bond acceptors (Lipinski definition) is 3. The number of aromatic nitrogens is 3. The van der Waals surface area contributed by atoms with E-state index in [0.717, 1.165) is 22.3 Å². The molecule has 0 radical (unpaired) electrons. The quantitative estimate of drug-likeness (QED) is 0.730. The first-order valence-electron chi connectivity index (χ1n) is 5.51. The molecule has 0 saturated carbocycles. The highest BCUT2D eigenvalue weighted by atomic mass is 35.5. The molecule has 18 heavy (non-hydrogen) atoms. The molecule has 90 valence electrons. The summed E-state index contributed by atoms with van der Waals surface area (Å²) in [5, 5.41) is 0.672. The number of aryl methyl sites for hydroxylation is 1. The number of halogens is 1. The lowest BCUT2D eigenvalue weighted by Gasteiger charge is -2.10. The van der Waals surface area contributed by atoms with Gasteiger partial charge in [-0.1, -0.05) is 17.7 Å². The van der Waals surface area contributed by atoms with Crippen molar-refractivity contribution < 1.29 is 0 Å². The van der Waals surface area contributed by atoms with E-state index in [0.29, 0.717) is 11.0 Å². The molecule has 0 atom stereocenters. The van der Waals surface area contributed by atoms with Crippen molar-refractivity contribution in [3.8, 4) is 5.69 Å². The predicted octanol–water partition coefficient (Wildman–Crippen LogP) is 2.96. The lowest BCUT2D eigenvalue weighted by Crippen LogP contribution is -2.02. The largest absolute Gasteiger partial charge is 0.369 e. The second kappa shape index (κ2) is 3.99. The first kappa shape index (κ1) is 11.0. The number of fused-ring (bicyclic) bond motifs is 1. The van der Waals surface area contributed by atoms with Gasteiger partial charge in [0.15, 0.2) is 0 Å². The van der Waals surface area contributed by atoms with Crippen LogP contribution in [0.5, 0.6) is 0 Å². The van der Waals surface area contributed by atoms with Crippen LogP contribution in [0.15, 0.2) is 36.7 Å². The fraction of sp³-hybridized carbons (Fsp3) is 0.0769. The van der Waals surface area contributed by atoms with Gasteiger partial charge in [0.1, 0.15) is 5.52 Å². The zero-order valence-electron chi connectivity index (χ0n) is 9.76. The molecule has 0 aliphatic heterocycles. The van der Waals surface area contributed by atoms with Crippen LogP contribution < -0.4 is 5.73 Å². The Bertz CT molecular complexity index is 733. The summed E-state index contributed by atoms with van der Waals surface area (Å²) in [7, 11) is 0. The fourth-order valence-electron chi connectivity index (χ4n) is 2.03. The van der Waals surface area contributed by atoms with Gasteiger partial charge in [-0.2, -0.15) is 0 Å². The minimum absolute atomic E-state index is 0.434. The Morgan fingerprint density at radius 3 is 2.94 bits per heavy atom. The third kappa shape index (κ3) is 1.62. The van der Waals surface area contributed by atoms with E-state index >= 15 is 0 Å². The number of pyridine rings is 1. The number of imidazole rings is 1. The van der Waals surface area contributed by atoms with E-state index in [4.69, 9.17) is 17.3 Å². The summed E-state index contributed by atoms with van der Waals surface area (Å²) >= 11 is 6.05. The van der Waals surface area contributed by atoms with Gasteiger partial charge < -0.3 is 5.73 Å². The van der Waals surface area contributed by atoms with Crippen molar-refractivity contribution in [2.75, 3.05) is 5.73 Å². The molecule has 1 aromatic carbocycles. The monoisotopic (exact) mass is 258 g/mol. The van der Waals surface area contributed by atoms with Crippen molar-refractivity contribution in [3.63, 3.8) is 0 Å². The highest BCUT2D eigenvalue weighted by Gasteiger charge is 2.11. The summed E-state index contributed by atoms with van der Waals surface area (Å²) in [5.41, 5.74) is 9.71. The molecule has 5 heteroatoms. The summed E-state index contributed by atoms with van der Waals surface area (Å²) in [6.45, 7) is 2.01. The Morgan fingerprint density at radius 2 is 2.11 bits per heavy atom. The molecule has 0 fully saturated rings. The topological polar surface area (TPSA) is 56.7 Å².